The van der Waals surface area contributed by atoms with Crippen molar-refractivity contribution < 1.29 is 17.9 Å². The van der Waals surface area contributed by atoms with E-state index in [1.807, 2.05) is 14.1 Å². The molecule has 0 saturated heterocycles. The molecule has 0 aliphatic rings. The smallest absolute Gasteiger partial charge is 0.380 e. The summed E-state index contributed by atoms with van der Waals surface area (Å²) in [4.78, 5) is 2.11. The van der Waals surface area contributed by atoms with E-state index < -0.39 is 12.6 Å². The van der Waals surface area contributed by atoms with Gasteiger partial charge in [-0.3, -0.25) is 0 Å². The van der Waals surface area contributed by atoms with Gasteiger partial charge in [-0.25, -0.2) is 0 Å². The number of alkyl halides is 3. The van der Waals surface area contributed by atoms with E-state index in [0.717, 1.165) is 19.5 Å². The molecule has 0 atom stereocenters. The van der Waals surface area contributed by atoms with E-state index >= 15 is 0 Å². The molecule has 0 amide bonds. The largest absolute Gasteiger partial charge is 0.389 e. The first-order chi connectivity index (χ1) is 7.92. The minimum Gasteiger partial charge on any atom is -0.380 e. The van der Waals surface area contributed by atoms with Gasteiger partial charge in [-0.2, -0.15) is 13.2 Å². The predicted octanol–water partition coefficient (Wildman–Crippen LogP) is 1.89. The van der Waals surface area contributed by atoms with E-state index in [2.05, 4.69) is 10.2 Å². The highest BCUT2D eigenvalue weighted by Crippen LogP contribution is 2.20. The van der Waals surface area contributed by atoms with Gasteiger partial charge in [-0.1, -0.05) is 0 Å². The molecule has 0 aliphatic carbocycles. The monoisotopic (exact) mass is 256 g/mol. The molecule has 1 N–H and O–H groups in total. The number of nitrogens with one attached hydrogen (secondary N) is 1. The average Bonchev–Trinajstić information content (AvgIpc) is 2.18. The van der Waals surface area contributed by atoms with Crippen molar-refractivity contribution in [1.82, 2.24) is 10.2 Å². The van der Waals surface area contributed by atoms with Crippen molar-refractivity contribution in [3.8, 4) is 0 Å². The van der Waals surface area contributed by atoms with Crippen LogP contribution in [0.25, 0.3) is 0 Å². The van der Waals surface area contributed by atoms with Crippen LogP contribution in [0.3, 0.4) is 0 Å². The summed E-state index contributed by atoms with van der Waals surface area (Å²) in [5.74, 6) is 0. The number of halogens is 3. The molecule has 3 nitrogen and oxygen atoms in total. The third kappa shape index (κ3) is 15.7. The zero-order chi connectivity index (χ0) is 13.1. The Labute approximate surface area is 101 Å². The van der Waals surface area contributed by atoms with Crippen LogP contribution in [0.5, 0.6) is 0 Å². The fraction of sp³-hybridized carbons (Fsp3) is 1.00. The zero-order valence-corrected chi connectivity index (χ0v) is 10.6. The Balaban J connectivity index is 3.04. The van der Waals surface area contributed by atoms with Gasteiger partial charge in [-0.15, -0.1) is 0 Å². The molecule has 0 rings (SSSR count). The molecule has 17 heavy (non-hydrogen) atoms. The van der Waals surface area contributed by atoms with Gasteiger partial charge in [0.2, 0.25) is 0 Å². The molecule has 0 heterocycles. The summed E-state index contributed by atoms with van der Waals surface area (Å²) in [6.45, 7) is 3.28. The summed E-state index contributed by atoms with van der Waals surface area (Å²) in [7, 11) is 4.04. The lowest BCUT2D eigenvalue weighted by atomic mass is 10.3. The maximum absolute atomic E-state index is 11.8. The third-order valence-electron chi connectivity index (χ3n) is 2.13. The average molecular weight is 256 g/mol. The van der Waals surface area contributed by atoms with Crippen molar-refractivity contribution in [1.29, 1.82) is 0 Å². The maximum atomic E-state index is 11.8. The first-order valence-corrected chi connectivity index (χ1v) is 5.92. The maximum Gasteiger partial charge on any atom is 0.389 e. The summed E-state index contributed by atoms with van der Waals surface area (Å²) in [6, 6.07) is 0. The third-order valence-corrected chi connectivity index (χ3v) is 2.13. The number of rotatable bonds is 10. The summed E-state index contributed by atoms with van der Waals surface area (Å²) in [5, 5.41) is 3.17. The second-order valence-electron chi connectivity index (χ2n) is 4.24. The van der Waals surface area contributed by atoms with E-state index in [1.54, 1.807) is 0 Å². The van der Waals surface area contributed by atoms with E-state index in [-0.39, 0.29) is 13.0 Å². The summed E-state index contributed by atoms with van der Waals surface area (Å²) >= 11 is 0. The van der Waals surface area contributed by atoms with Crippen molar-refractivity contribution in [3.63, 3.8) is 0 Å². The number of ether oxygens (including phenoxy) is 1. The first-order valence-electron chi connectivity index (χ1n) is 5.92. The topological polar surface area (TPSA) is 24.5 Å². The highest BCUT2D eigenvalue weighted by atomic mass is 19.4. The predicted molar refractivity (Wildman–Crippen MR) is 62.1 cm³/mol. The Morgan fingerprint density at radius 3 is 2.35 bits per heavy atom. The van der Waals surface area contributed by atoms with Gasteiger partial charge in [-0.05, 0) is 40.0 Å². The summed E-state index contributed by atoms with van der Waals surface area (Å²) < 4.78 is 40.4. The van der Waals surface area contributed by atoms with E-state index in [0.29, 0.717) is 13.2 Å². The van der Waals surface area contributed by atoms with Gasteiger partial charge in [0.15, 0.2) is 0 Å². The molecule has 0 bridgehead atoms. The van der Waals surface area contributed by atoms with Crippen LogP contribution in [-0.2, 0) is 4.74 Å². The Kier molecular flexibility index (Phi) is 9.49. The molecule has 104 valence electrons. The Morgan fingerprint density at radius 2 is 1.76 bits per heavy atom. The molecule has 6 heteroatoms. The minimum absolute atomic E-state index is 0.0458. The molecule has 0 aliphatic heterocycles. The van der Waals surface area contributed by atoms with Crippen molar-refractivity contribution >= 4 is 0 Å². The van der Waals surface area contributed by atoms with Crippen LogP contribution >= 0.6 is 0 Å². The molecule has 0 aromatic rings. The van der Waals surface area contributed by atoms with Crippen molar-refractivity contribution in [2.75, 3.05) is 46.9 Å². The van der Waals surface area contributed by atoms with Crippen molar-refractivity contribution in [3.05, 3.63) is 0 Å². The number of hydrogen-bond donors (Lipinski definition) is 1. The minimum atomic E-state index is -4.06. The second kappa shape index (κ2) is 9.67. The highest BCUT2D eigenvalue weighted by molar-refractivity contribution is 4.51. The lowest BCUT2D eigenvalue weighted by Gasteiger charge is -2.10. The van der Waals surface area contributed by atoms with Crippen LogP contribution < -0.4 is 5.32 Å². The summed E-state index contributed by atoms with van der Waals surface area (Å²) in [6.07, 6.45) is -3.72. The van der Waals surface area contributed by atoms with Gasteiger partial charge in [0, 0.05) is 19.6 Å². The van der Waals surface area contributed by atoms with Crippen LogP contribution in [0.4, 0.5) is 13.2 Å². The van der Waals surface area contributed by atoms with Gasteiger partial charge < -0.3 is 15.0 Å². The van der Waals surface area contributed by atoms with Gasteiger partial charge in [0.25, 0.3) is 0 Å². The van der Waals surface area contributed by atoms with E-state index in [9.17, 15) is 13.2 Å². The molecule has 0 fully saturated rings. The highest BCUT2D eigenvalue weighted by Gasteiger charge is 2.25. The summed E-state index contributed by atoms with van der Waals surface area (Å²) in [5.41, 5.74) is 0. The molecule has 0 unspecified atom stereocenters. The van der Waals surface area contributed by atoms with Crippen LogP contribution in [0.1, 0.15) is 19.3 Å². The standard InChI is InChI=1S/C11H23F3N2O/c1-16(2)8-4-6-15-7-10-17-9-3-5-11(12,13)14/h15H,3-10H2,1-2H3. The SMILES string of the molecule is CN(C)CCCNCCOCCCC(F)(F)F. The van der Waals surface area contributed by atoms with Crippen molar-refractivity contribution in [2.45, 2.75) is 25.4 Å². The number of nitrogens with zero attached hydrogens (tertiary/aromatic N) is 1. The van der Waals surface area contributed by atoms with Crippen molar-refractivity contribution in [2.24, 2.45) is 0 Å². The molecule has 0 saturated carbocycles. The van der Waals surface area contributed by atoms with E-state index in [1.165, 1.54) is 0 Å². The Hall–Kier alpha value is -0.330. The lowest BCUT2D eigenvalue weighted by Crippen LogP contribution is -2.24. The second-order valence-corrected chi connectivity index (χ2v) is 4.24. The lowest BCUT2D eigenvalue weighted by molar-refractivity contribution is -0.137. The Morgan fingerprint density at radius 1 is 1.06 bits per heavy atom. The normalized spacial score (nSPS) is 12.4. The molecule has 0 aromatic carbocycles. The zero-order valence-electron chi connectivity index (χ0n) is 10.6. The molecule has 0 radical (unpaired) electrons. The van der Waals surface area contributed by atoms with E-state index in [4.69, 9.17) is 4.74 Å². The van der Waals surface area contributed by atoms with Gasteiger partial charge in [0.05, 0.1) is 6.61 Å². The quantitative estimate of drug-likeness (QED) is 0.604. The van der Waals surface area contributed by atoms with Crippen LogP contribution in [-0.4, -0.2) is 58.0 Å². The fourth-order valence-electron chi connectivity index (χ4n) is 1.27. The van der Waals surface area contributed by atoms with Gasteiger partial charge >= 0.3 is 6.18 Å². The fourth-order valence-corrected chi connectivity index (χ4v) is 1.27. The number of hydrogen-bond acceptors (Lipinski definition) is 3. The van der Waals surface area contributed by atoms with Gasteiger partial charge in [0.1, 0.15) is 0 Å². The molecule has 0 aromatic heterocycles. The van der Waals surface area contributed by atoms with Crippen LogP contribution in [0.2, 0.25) is 0 Å². The van der Waals surface area contributed by atoms with Crippen LogP contribution in [0.15, 0.2) is 0 Å². The molecular weight excluding hydrogens is 233 g/mol. The molecule has 0 spiro atoms. The first kappa shape index (κ1) is 16.7. The molecular formula is C11H23F3N2O. The van der Waals surface area contributed by atoms with Crippen LogP contribution in [0, 0.1) is 0 Å². The Bertz CT molecular complexity index is 175.